The van der Waals surface area contributed by atoms with Crippen LogP contribution in [0.15, 0.2) is 45.3 Å². The fraction of sp³-hybridized carbons (Fsp3) is 0.133. The van der Waals surface area contributed by atoms with Crippen molar-refractivity contribution < 1.29 is 4.39 Å². The highest BCUT2D eigenvalue weighted by atomic mass is 79.9. The van der Waals surface area contributed by atoms with Crippen molar-refractivity contribution in [3.63, 3.8) is 0 Å². The van der Waals surface area contributed by atoms with E-state index >= 15 is 0 Å². The Morgan fingerprint density at radius 1 is 1.19 bits per heavy atom. The van der Waals surface area contributed by atoms with E-state index in [0.717, 1.165) is 26.9 Å². The summed E-state index contributed by atoms with van der Waals surface area (Å²) in [5.74, 6) is 0.699. The molecular formula is C15H10Br2ClFN2. The van der Waals surface area contributed by atoms with E-state index in [1.807, 2.05) is 28.8 Å². The fourth-order valence-corrected chi connectivity index (χ4v) is 3.25. The number of halogens is 4. The van der Waals surface area contributed by atoms with Crippen molar-refractivity contribution in [1.29, 1.82) is 0 Å². The van der Waals surface area contributed by atoms with Crippen LogP contribution in [0, 0.1) is 5.82 Å². The zero-order valence-corrected chi connectivity index (χ0v) is 14.7. The lowest BCUT2D eigenvalue weighted by Gasteiger charge is -2.08. The Hall–Kier alpha value is -0.910. The minimum absolute atomic E-state index is 0.280. The summed E-state index contributed by atoms with van der Waals surface area (Å²) in [5.41, 5.74) is 2.57. The van der Waals surface area contributed by atoms with Crippen molar-refractivity contribution in [2.45, 2.75) is 12.4 Å². The maximum atomic E-state index is 13.8. The SMILES string of the molecule is Fc1cc2c(cc1Br)nc(CCl)n2Cc1cccc(Br)c1. The molecule has 21 heavy (non-hydrogen) atoms. The maximum Gasteiger partial charge on any atom is 0.139 e. The van der Waals surface area contributed by atoms with Crippen molar-refractivity contribution >= 4 is 54.5 Å². The lowest BCUT2D eigenvalue weighted by atomic mass is 10.2. The van der Waals surface area contributed by atoms with E-state index in [1.54, 1.807) is 6.07 Å². The molecule has 0 saturated carbocycles. The molecule has 2 aromatic carbocycles. The molecule has 0 aliphatic carbocycles. The molecule has 0 N–H and O–H groups in total. The van der Waals surface area contributed by atoms with Gasteiger partial charge in [0.2, 0.25) is 0 Å². The monoisotopic (exact) mass is 430 g/mol. The number of imidazole rings is 1. The third kappa shape index (κ3) is 3.00. The number of hydrogen-bond acceptors (Lipinski definition) is 1. The van der Waals surface area contributed by atoms with E-state index < -0.39 is 0 Å². The van der Waals surface area contributed by atoms with Crippen LogP contribution in [0.4, 0.5) is 4.39 Å². The quantitative estimate of drug-likeness (QED) is 0.501. The number of nitrogens with zero attached hydrogens (tertiary/aromatic N) is 2. The number of hydrogen-bond donors (Lipinski definition) is 0. The zero-order valence-electron chi connectivity index (χ0n) is 10.8. The highest BCUT2D eigenvalue weighted by Gasteiger charge is 2.13. The van der Waals surface area contributed by atoms with Gasteiger partial charge in [0.25, 0.3) is 0 Å². The van der Waals surface area contributed by atoms with Gasteiger partial charge in [-0.2, -0.15) is 0 Å². The molecule has 6 heteroatoms. The Morgan fingerprint density at radius 2 is 2.00 bits per heavy atom. The molecule has 0 radical (unpaired) electrons. The van der Waals surface area contributed by atoms with Crippen molar-refractivity contribution in [2.75, 3.05) is 0 Å². The standard InChI is InChI=1S/C15H10Br2ClFN2/c16-10-3-1-2-9(4-10)8-21-14-6-12(19)11(17)5-13(14)20-15(21)7-18/h1-6H,7-8H2. The summed E-state index contributed by atoms with van der Waals surface area (Å²) in [6, 6.07) is 11.1. The predicted octanol–water partition coefficient (Wildman–Crippen LogP) is 5.49. The lowest BCUT2D eigenvalue weighted by molar-refractivity contribution is 0.621. The minimum Gasteiger partial charge on any atom is -0.322 e. The van der Waals surface area contributed by atoms with Crippen molar-refractivity contribution in [1.82, 2.24) is 9.55 Å². The van der Waals surface area contributed by atoms with E-state index in [-0.39, 0.29) is 11.7 Å². The third-order valence-electron chi connectivity index (χ3n) is 3.22. The number of alkyl halides is 1. The molecule has 0 unspecified atom stereocenters. The van der Waals surface area contributed by atoms with Crippen LogP contribution in [0.5, 0.6) is 0 Å². The molecule has 0 amide bonds. The summed E-state index contributed by atoms with van der Waals surface area (Å²) in [5, 5.41) is 0. The van der Waals surface area contributed by atoms with Gasteiger partial charge in [0.05, 0.1) is 21.4 Å². The van der Waals surface area contributed by atoms with Gasteiger partial charge in [-0.1, -0.05) is 28.1 Å². The number of fused-ring (bicyclic) bond motifs is 1. The highest BCUT2D eigenvalue weighted by Crippen LogP contribution is 2.26. The molecule has 0 bridgehead atoms. The molecule has 0 aliphatic rings. The van der Waals surface area contributed by atoms with E-state index in [9.17, 15) is 4.39 Å². The first kappa shape index (κ1) is 15.0. The Kier molecular flexibility index (Phi) is 4.33. The molecule has 0 atom stereocenters. The molecule has 0 fully saturated rings. The van der Waals surface area contributed by atoms with Gasteiger partial charge in [-0.25, -0.2) is 9.37 Å². The van der Waals surface area contributed by atoms with Gasteiger partial charge in [-0.3, -0.25) is 0 Å². The minimum atomic E-state index is -0.306. The van der Waals surface area contributed by atoms with Crippen LogP contribution in [0.25, 0.3) is 11.0 Å². The Labute approximate surface area is 143 Å². The van der Waals surface area contributed by atoms with Gasteiger partial charge >= 0.3 is 0 Å². The zero-order chi connectivity index (χ0) is 15.0. The van der Waals surface area contributed by atoms with Crippen LogP contribution in [0.3, 0.4) is 0 Å². The predicted molar refractivity (Wildman–Crippen MR) is 90.2 cm³/mol. The third-order valence-corrected chi connectivity index (χ3v) is 4.56. The Bertz CT molecular complexity index is 817. The number of aromatic nitrogens is 2. The molecule has 2 nitrogen and oxygen atoms in total. The molecular weight excluding hydrogens is 422 g/mol. The van der Waals surface area contributed by atoms with Gasteiger partial charge in [0.15, 0.2) is 0 Å². The van der Waals surface area contributed by atoms with Gasteiger partial charge in [0, 0.05) is 17.1 Å². The highest BCUT2D eigenvalue weighted by molar-refractivity contribution is 9.10. The molecule has 108 valence electrons. The van der Waals surface area contributed by atoms with Crippen LogP contribution < -0.4 is 0 Å². The topological polar surface area (TPSA) is 17.8 Å². The van der Waals surface area contributed by atoms with Crippen LogP contribution in [-0.2, 0) is 12.4 Å². The lowest BCUT2D eigenvalue weighted by Crippen LogP contribution is -2.04. The normalized spacial score (nSPS) is 11.2. The van der Waals surface area contributed by atoms with Crippen molar-refractivity contribution in [2.24, 2.45) is 0 Å². The Morgan fingerprint density at radius 3 is 2.71 bits per heavy atom. The molecule has 0 saturated heterocycles. The summed E-state index contributed by atoms with van der Waals surface area (Å²) in [6.45, 7) is 0.596. The van der Waals surface area contributed by atoms with Crippen LogP contribution in [-0.4, -0.2) is 9.55 Å². The maximum absolute atomic E-state index is 13.8. The van der Waals surface area contributed by atoms with Gasteiger partial charge in [0.1, 0.15) is 11.6 Å². The molecule has 0 aliphatic heterocycles. The average molecular weight is 433 g/mol. The second-order valence-corrected chi connectivity index (χ2v) is 6.67. The summed E-state index contributed by atoms with van der Waals surface area (Å²) < 4.78 is 17.2. The first-order valence-electron chi connectivity index (χ1n) is 6.23. The first-order chi connectivity index (χ1) is 10.1. The fourth-order valence-electron chi connectivity index (χ4n) is 2.27. The van der Waals surface area contributed by atoms with E-state index in [2.05, 4.69) is 36.8 Å². The van der Waals surface area contributed by atoms with E-state index in [0.29, 0.717) is 11.0 Å². The van der Waals surface area contributed by atoms with E-state index in [1.165, 1.54) is 6.07 Å². The summed E-state index contributed by atoms with van der Waals surface area (Å²) >= 11 is 12.6. The summed E-state index contributed by atoms with van der Waals surface area (Å²) in [6.07, 6.45) is 0. The van der Waals surface area contributed by atoms with Crippen molar-refractivity contribution in [3.05, 3.63) is 62.5 Å². The largest absolute Gasteiger partial charge is 0.322 e. The van der Waals surface area contributed by atoms with Gasteiger partial charge in [-0.15, -0.1) is 11.6 Å². The first-order valence-corrected chi connectivity index (χ1v) is 8.35. The second kappa shape index (κ2) is 6.07. The van der Waals surface area contributed by atoms with Crippen LogP contribution >= 0.6 is 43.5 Å². The number of benzene rings is 2. The molecule has 1 aromatic heterocycles. The van der Waals surface area contributed by atoms with Crippen LogP contribution in [0.2, 0.25) is 0 Å². The average Bonchev–Trinajstić information content (AvgIpc) is 2.77. The molecule has 3 aromatic rings. The summed E-state index contributed by atoms with van der Waals surface area (Å²) in [4.78, 5) is 4.47. The summed E-state index contributed by atoms with van der Waals surface area (Å²) in [7, 11) is 0. The molecule has 0 spiro atoms. The van der Waals surface area contributed by atoms with Gasteiger partial charge < -0.3 is 4.57 Å². The second-order valence-electron chi connectivity index (χ2n) is 4.63. The number of rotatable bonds is 3. The van der Waals surface area contributed by atoms with Gasteiger partial charge in [-0.05, 0) is 39.7 Å². The molecule has 1 heterocycles. The van der Waals surface area contributed by atoms with E-state index in [4.69, 9.17) is 11.6 Å². The smallest absolute Gasteiger partial charge is 0.139 e. The molecule has 3 rings (SSSR count). The Balaban J connectivity index is 2.14. The van der Waals surface area contributed by atoms with Crippen molar-refractivity contribution in [3.8, 4) is 0 Å². The van der Waals surface area contributed by atoms with Crippen LogP contribution in [0.1, 0.15) is 11.4 Å².